The molecular weight excluding hydrogens is 380 g/mol. The second kappa shape index (κ2) is 8.54. The van der Waals surface area contributed by atoms with Gasteiger partial charge in [0.15, 0.2) is 0 Å². The molecule has 1 saturated carbocycles. The van der Waals surface area contributed by atoms with Crippen LogP contribution in [0.5, 0.6) is 5.75 Å². The van der Waals surface area contributed by atoms with Crippen molar-refractivity contribution in [2.75, 3.05) is 7.11 Å². The first-order valence-electron chi connectivity index (χ1n) is 10.3. The monoisotopic (exact) mass is 408 g/mol. The number of ether oxygens (including phenoxy) is 1. The molecule has 1 fully saturated rings. The average molecular weight is 409 g/mol. The second-order valence-electron chi connectivity index (χ2n) is 8.00. The summed E-state index contributed by atoms with van der Waals surface area (Å²) in [4.78, 5) is 18.7. The smallest absolute Gasteiger partial charge is 0.269 e. The number of H-pyrrole nitrogens is 1. The standard InChI is InChI=1S/C24H28N2O2S/c1-15-8-7-11-20(16(15)2)26-24(27)22-23(29-18-9-5-4-6-10-18)19-13-12-17(28-3)14-21(19)25-22/h4-6,9-10,12-16,20,25H,7-8,11H2,1-3H3,(H,26,27)/t15-,16-,20+/m0/s1. The largest absolute Gasteiger partial charge is 0.497 e. The zero-order valence-electron chi connectivity index (χ0n) is 17.2. The molecule has 1 aliphatic rings. The lowest BCUT2D eigenvalue weighted by atomic mass is 9.78. The van der Waals surface area contributed by atoms with Gasteiger partial charge in [0.2, 0.25) is 0 Å². The van der Waals surface area contributed by atoms with Crippen LogP contribution in [0.2, 0.25) is 0 Å². The van der Waals surface area contributed by atoms with Crippen molar-refractivity contribution in [3.05, 3.63) is 54.2 Å². The molecule has 0 aliphatic heterocycles. The fourth-order valence-electron chi connectivity index (χ4n) is 4.18. The molecule has 5 heteroatoms. The van der Waals surface area contributed by atoms with E-state index in [1.165, 1.54) is 12.8 Å². The number of nitrogens with one attached hydrogen (secondary N) is 2. The normalized spacial score (nSPS) is 21.8. The quantitative estimate of drug-likeness (QED) is 0.554. The first-order chi connectivity index (χ1) is 14.1. The van der Waals surface area contributed by atoms with Gasteiger partial charge in [-0.2, -0.15) is 0 Å². The second-order valence-corrected chi connectivity index (χ2v) is 9.09. The van der Waals surface area contributed by atoms with E-state index < -0.39 is 0 Å². The fourth-order valence-corrected chi connectivity index (χ4v) is 5.24. The lowest BCUT2D eigenvalue weighted by molar-refractivity contribution is 0.0884. The molecule has 2 N–H and O–H groups in total. The summed E-state index contributed by atoms with van der Waals surface area (Å²) < 4.78 is 5.37. The lowest BCUT2D eigenvalue weighted by Gasteiger charge is -2.34. The van der Waals surface area contributed by atoms with Crippen LogP contribution in [-0.2, 0) is 0 Å². The predicted molar refractivity (Wildman–Crippen MR) is 119 cm³/mol. The van der Waals surface area contributed by atoms with Crippen molar-refractivity contribution < 1.29 is 9.53 Å². The van der Waals surface area contributed by atoms with Crippen molar-refractivity contribution in [2.24, 2.45) is 11.8 Å². The van der Waals surface area contributed by atoms with E-state index in [0.717, 1.165) is 32.9 Å². The molecule has 0 saturated heterocycles. The maximum atomic E-state index is 13.3. The van der Waals surface area contributed by atoms with Crippen LogP contribution in [0.4, 0.5) is 0 Å². The highest BCUT2D eigenvalue weighted by Crippen LogP contribution is 2.38. The van der Waals surface area contributed by atoms with Crippen LogP contribution in [0, 0.1) is 11.8 Å². The van der Waals surface area contributed by atoms with Gasteiger partial charge in [-0.1, -0.05) is 56.7 Å². The van der Waals surface area contributed by atoms with Gasteiger partial charge in [0.1, 0.15) is 11.4 Å². The lowest BCUT2D eigenvalue weighted by Crippen LogP contribution is -2.43. The van der Waals surface area contributed by atoms with Crippen LogP contribution >= 0.6 is 11.8 Å². The van der Waals surface area contributed by atoms with E-state index in [-0.39, 0.29) is 11.9 Å². The molecule has 2 aromatic carbocycles. The third kappa shape index (κ3) is 4.15. The van der Waals surface area contributed by atoms with Crippen LogP contribution in [0.3, 0.4) is 0 Å². The van der Waals surface area contributed by atoms with Crippen molar-refractivity contribution in [3.63, 3.8) is 0 Å². The molecule has 3 atom stereocenters. The Labute approximate surface area is 176 Å². The molecule has 4 nitrogen and oxygen atoms in total. The Kier molecular flexibility index (Phi) is 5.86. The maximum absolute atomic E-state index is 13.3. The molecule has 3 aromatic rings. The molecule has 1 aliphatic carbocycles. The fraction of sp³-hybridized carbons (Fsp3) is 0.375. The predicted octanol–water partition coefficient (Wildman–Crippen LogP) is 5.88. The Morgan fingerprint density at radius 1 is 1.14 bits per heavy atom. The molecule has 0 spiro atoms. The Bertz CT molecular complexity index is 999. The third-order valence-corrected chi connectivity index (χ3v) is 7.31. The Morgan fingerprint density at radius 2 is 1.93 bits per heavy atom. The first-order valence-corrected chi connectivity index (χ1v) is 11.1. The summed E-state index contributed by atoms with van der Waals surface area (Å²) in [6, 6.07) is 16.3. The summed E-state index contributed by atoms with van der Waals surface area (Å²) in [5.41, 5.74) is 1.55. The Morgan fingerprint density at radius 3 is 2.69 bits per heavy atom. The summed E-state index contributed by atoms with van der Waals surface area (Å²) in [5, 5.41) is 4.35. The van der Waals surface area contributed by atoms with E-state index in [1.54, 1.807) is 18.9 Å². The first kappa shape index (κ1) is 19.9. The zero-order valence-corrected chi connectivity index (χ0v) is 18.0. The van der Waals surface area contributed by atoms with Gasteiger partial charge in [-0.05, 0) is 42.5 Å². The molecule has 0 unspecified atom stereocenters. The zero-order chi connectivity index (χ0) is 20.4. The summed E-state index contributed by atoms with van der Waals surface area (Å²) in [6.07, 6.45) is 3.47. The number of carbonyl (C=O) groups is 1. The Balaban J connectivity index is 1.69. The van der Waals surface area contributed by atoms with Gasteiger partial charge >= 0.3 is 0 Å². The maximum Gasteiger partial charge on any atom is 0.269 e. The molecule has 0 bridgehead atoms. The highest BCUT2D eigenvalue weighted by molar-refractivity contribution is 7.99. The molecule has 1 amide bonds. The number of hydrogen-bond acceptors (Lipinski definition) is 3. The highest BCUT2D eigenvalue weighted by Gasteiger charge is 2.29. The number of carbonyl (C=O) groups excluding carboxylic acids is 1. The molecular formula is C24H28N2O2S. The summed E-state index contributed by atoms with van der Waals surface area (Å²) in [6.45, 7) is 4.54. The number of aromatic amines is 1. The van der Waals surface area contributed by atoms with Crippen molar-refractivity contribution in [1.82, 2.24) is 10.3 Å². The number of rotatable bonds is 5. The minimum absolute atomic E-state index is 0.0236. The topological polar surface area (TPSA) is 54.1 Å². The SMILES string of the molecule is COc1ccc2c(Sc3ccccc3)c(C(=O)N[C@@H]3CCC[C@H](C)[C@@H]3C)[nH]c2c1. The van der Waals surface area contributed by atoms with Gasteiger partial charge in [0, 0.05) is 22.4 Å². The molecule has 1 heterocycles. The molecule has 1 aromatic heterocycles. The molecule has 4 rings (SSSR count). The van der Waals surface area contributed by atoms with Crippen molar-refractivity contribution in [2.45, 2.75) is 48.9 Å². The average Bonchev–Trinajstić information content (AvgIpc) is 3.09. The number of methoxy groups -OCH3 is 1. The van der Waals surface area contributed by atoms with Gasteiger partial charge in [0.05, 0.1) is 17.5 Å². The summed E-state index contributed by atoms with van der Waals surface area (Å²) in [7, 11) is 1.66. The molecule has 0 radical (unpaired) electrons. The van der Waals surface area contributed by atoms with E-state index in [1.807, 2.05) is 36.4 Å². The summed E-state index contributed by atoms with van der Waals surface area (Å²) >= 11 is 1.62. The van der Waals surface area contributed by atoms with Crippen LogP contribution in [0.15, 0.2) is 58.3 Å². The highest BCUT2D eigenvalue weighted by atomic mass is 32.2. The summed E-state index contributed by atoms with van der Waals surface area (Å²) in [5.74, 6) is 1.88. The molecule has 29 heavy (non-hydrogen) atoms. The van der Waals surface area contributed by atoms with Gasteiger partial charge < -0.3 is 15.0 Å². The van der Waals surface area contributed by atoms with E-state index in [2.05, 4.69) is 36.3 Å². The van der Waals surface area contributed by atoms with Gasteiger partial charge in [-0.3, -0.25) is 4.79 Å². The number of benzene rings is 2. The Hall–Kier alpha value is -2.40. The van der Waals surface area contributed by atoms with E-state index in [4.69, 9.17) is 4.74 Å². The van der Waals surface area contributed by atoms with Crippen molar-refractivity contribution in [3.8, 4) is 5.75 Å². The third-order valence-electron chi connectivity index (χ3n) is 6.17. The van der Waals surface area contributed by atoms with E-state index in [9.17, 15) is 4.79 Å². The number of amides is 1. The number of hydrogen-bond donors (Lipinski definition) is 2. The van der Waals surface area contributed by atoms with Gasteiger partial charge in [-0.15, -0.1) is 0 Å². The van der Waals surface area contributed by atoms with Crippen LogP contribution in [0.25, 0.3) is 10.9 Å². The number of fused-ring (bicyclic) bond motifs is 1. The van der Waals surface area contributed by atoms with Crippen molar-refractivity contribution >= 4 is 28.6 Å². The molecule has 152 valence electrons. The van der Waals surface area contributed by atoms with Crippen molar-refractivity contribution in [1.29, 1.82) is 0 Å². The number of aromatic nitrogens is 1. The van der Waals surface area contributed by atoms with Gasteiger partial charge in [-0.25, -0.2) is 0 Å². The van der Waals surface area contributed by atoms with Gasteiger partial charge in [0.25, 0.3) is 5.91 Å². The van der Waals surface area contributed by atoms with Crippen LogP contribution in [-0.4, -0.2) is 24.0 Å². The minimum atomic E-state index is -0.0236. The minimum Gasteiger partial charge on any atom is -0.497 e. The van der Waals surface area contributed by atoms with Crippen LogP contribution in [0.1, 0.15) is 43.6 Å². The van der Waals surface area contributed by atoms with Crippen LogP contribution < -0.4 is 10.1 Å². The van der Waals surface area contributed by atoms with E-state index in [0.29, 0.717) is 17.5 Å². The van der Waals surface area contributed by atoms with E-state index >= 15 is 0 Å².